The molecule has 0 saturated heterocycles. The van der Waals surface area contributed by atoms with Crippen LogP contribution in [0.25, 0.3) is 22.0 Å². The maximum atomic E-state index is 13.1. The van der Waals surface area contributed by atoms with Crippen molar-refractivity contribution in [2.45, 2.75) is 23.8 Å². The molecule has 3 aromatic carbocycles. The van der Waals surface area contributed by atoms with E-state index in [4.69, 9.17) is 10.9 Å². The van der Waals surface area contributed by atoms with Crippen LogP contribution < -0.4 is 21.6 Å². The topological polar surface area (TPSA) is 168 Å². The van der Waals surface area contributed by atoms with Gasteiger partial charge >= 0.3 is 0 Å². The van der Waals surface area contributed by atoms with E-state index in [2.05, 4.69) is 26.0 Å². The summed E-state index contributed by atoms with van der Waals surface area (Å²) in [4.78, 5) is 13.1. The molecule has 5 rings (SSSR count). The van der Waals surface area contributed by atoms with Gasteiger partial charge in [-0.15, -0.1) is 0 Å². The van der Waals surface area contributed by atoms with Gasteiger partial charge in [0.1, 0.15) is 5.54 Å². The lowest BCUT2D eigenvalue weighted by Gasteiger charge is -2.22. The number of nitrogens with zero attached hydrogens (tertiary/aromatic N) is 2. The summed E-state index contributed by atoms with van der Waals surface area (Å²) in [5.74, 6) is 0.155. The van der Waals surface area contributed by atoms with E-state index in [0.29, 0.717) is 29.1 Å². The Kier molecular flexibility index (Phi) is 5.30. The Balaban J connectivity index is 1.31. The summed E-state index contributed by atoms with van der Waals surface area (Å²) < 4.78 is 23.8. The van der Waals surface area contributed by atoms with Crippen LogP contribution in [0.4, 0.5) is 11.5 Å². The predicted molar refractivity (Wildman–Crippen MR) is 135 cm³/mol. The summed E-state index contributed by atoms with van der Waals surface area (Å²) in [7, 11) is -3.87. The number of H-pyrrole nitrogens is 1. The summed E-state index contributed by atoms with van der Waals surface area (Å²) >= 11 is 0. The van der Waals surface area contributed by atoms with E-state index in [0.717, 1.165) is 22.2 Å². The smallest absolute Gasteiger partial charge is 0.251 e. The van der Waals surface area contributed by atoms with E-state index in [1.165, 1.54) is 6.07 Å². The van der Waals surface area contributed by atoms with Gasteiger partial charge in [-0.05, 0) is 48.4 Å². The fourth-order valence-electron chi connectivity index (χ4n) is 4.07. The minimum absolute atomic E-state index is 0.0412. The van der Waals surface area contributed by atoms with Gasteiger partial charge in [-0.1, -0.05) is 36.4 Å². The second-order valence-electron chi connectivity index (χ2n) is 8.62. The summed E-state index contributed by atoms with van der Waals surface area (Å²) in [5, 5.41) is 20.3. The molecule has 35 heavy (non-hydrogen) atoms. The average Bonchev–Trinajstić information content (AvgIpc) is 3.42. The Morgan fingerprint density at radius 2 is 1.77 bits per heavy atom. The van der Waals surface area contributed by atoms with Gasteiger partial charge in [0.25, 0.3) is 5.91 Å². The molecule has 4 aromatic rings. The van der Waals surface area contributed by atoms with E-state index >= 15 is 0 Å². The van der Waals surface area contributed by atoms with Crippen LogP contribution in [0, 0.1) is 0 Å². The monoisotopic (exact) mass is 489 g/mol. The summed E-state index contributed by atoms with van der Waals surface area (Å²) in [5.41, 5.74) is 12.1. The fraction of sp³-hybridized carbons (Fsp3) is 0.125. The number of amides is 1. The van der Waals surface area contributed by atoms with Gasteiger partial charge in [-0.25, -0.2) is 13.6 Å². The number of sulfonamides is 1. The number of benzene rings is 3. The molecular formula is C24H23N7O3S. The van der Waals surface area contributed by atoms with Crippen molar-refractivity contribution in [1.82, 2.24) is 15.6 Å². The molecule has 2 heterocycles. The Labute approximate surface area is 201 Å². The molecule has 1 amide bonds. The molecule has 10 nitrogen and oxygen atoms in total. The molecule has 1 unspecified atom stereocenters. The number of aromatic nitrogens is 2. The highest BCUT2D eigenvalue weighted by Crippen LogP contribution is 2.29. The number of fused-ring (bicyclic) bond motifs is 1. The lowest BCUT2D eigenvalue weighted by molar-refractivity contribution is -0.121. The van der Waals surface area contributed by atoms with E-state index < -0.39 is 15.6 Å². The van der Waals surface area contributed by atoms with E-state index in [1.807, 2.05) is 18.2 Å². The van der Waals surface area contributed by atoms with E-state index in [1.54, 1.807) is 49.4 Å². The maximum Gasteiger partial charge on any atom is 0.251 e. The highest BCUT2D eigenvalue weighted by Gasteiger charge is 2.39. The van der Waals surface area contributed by atoms with Gasteiger partial charge in [-0.2, -0.15) is 10.2 Å². The van der Waals surface area contributed by atoms with Crippen molar-refractivity contribution in [1.29, 1.82) is 0 Å². The molecule has 7 N–H and O–H groups in total. The van der Waals surface area contributed by atoms with Gasteiger partial charge in [0.05, 0.1) is 16.1 Å². The number of carbonyl (C=O) groups is 1. The number of hydrazone groups is 1. The van der Waals surface area contributed by atoms with Crippen LogP contribution in [0.5, 0.6) is 0 Å². The van der Waals surface area contributed by atoms with Crippen LogP contribution in [0.1, 0.15) is 18.9 Å². The van der Waals surface area contributed by atoms with Crippen molar-refractivity contribution in [2.24, 2.45) is 10.2 Å². The molecule has 0 fully saturated rings. The van der Waals surface area contributed by atoms with Crippen molar-refractivity contribution in [3.63, 3.8) is 0 Å². The Morgan fingerprint density at radius 3 is 2.51 bits per heavy atom. The number of hydrogen-bond donors (Lipinski definition) is 5. The van der Waals surface area contributed by atoms with Crippen molar-refractivity contribution in [2.75, 3.05) is 11.1 Å². The molecule has 1 atom stereocenters. The highest BCUT2D eigenvalue weighted by molar-refractivity contribution is 7.89. The molecule has 0 radical (unpaired) electrons. The van der Waals surface area contributed by atoms with Crippen LogP contribution in [0.3, 0.4) is 0 Å². The van der Waals surface area contributed by atoms with E-state index in [9.17, 15) is 13.2 Å². The zero-order valence-electron chi connectivity index (χ0n) is 18.7. The van der Waals surface area contributed by atoms with Gasteiger partial charge in [-0.3, -0.25) is 15.3 Å². The number of nitrogens with two attached hydrogens (primary N) is 2. The van der Waals surface area contributed by atoms with Crippen LogP contribution >= 0.6 is 0 Å². The van der Waals surface area contributed by atoms with Crippen LogP contribution in [-0.4, -0.2) is 35.8 Å². The number of carbonyl (C=O) groups excluding carboxylic acids is 1. The van der Waals surface area contributed by atoms with Crippen molar-refractivity contribution >= 4 is 44.1 Å². The van der Waals surface area contributed by atoms with E-state index in [-0.39, 0.29) is 10.8 Å². The third-order valence-corrected chi connectivity index (χ3v) is 7.00. The van der Waals surface area contributed by atoms with Gasteiger partial charge in [0, 0.05) is 23.1 Å². The summed E-state index contributed by atoms with van der Waals surface area (Å²) in [6, 6.07) is 19.1. The number of anilines is 2. The Hall–Kier alpha value is -4.22. The number of rotatable bonds is 5. The molecule has 0 bridgehead atoms. The molecule has 1 aliphatic rings. The van der Waals surface area contributed by atoms with Crippen LogP contribution in [-0.2, 0) is 14.8 Å². The quantitative estimate of drug-likeness (QED) is 0.289. The fourth-order valence-corrected chi connectivity index (χ4v) is 4.83. The van der Waals surface area contributed by atoms with Crippen molar-refractivity contribution in [3.8, 4) is 11.1 Å². The van der Waals surface area contributed by atoms with Crippen molar-refractivity contribution < 1.29 is 13.2 Å². The largest absolute Gasteiger partial charge is 0.382 e. The van der Waals surface area contributed by atoms with Crippen molar-refractivity contribution in [3.05, 3.63) is 72.3 Å². The zero-order valence-corrected chi connectivity index (χ0v) is 19.6. The number of nitrogens with one attached hydrogen (secondary N) is 3. The number of aromatic amines is 1. The lowest BCUT2D eigenvalue weighted by atomic mass is 9.92. The van der Waals surface area contributed by atoms with Gasteiger partial charge < -0.3 is 11.1 Å². The van der Waals surface area contributed by atoms with Crippen LogP contribution in [0.15, 0.2) is 76.7 Å². The molecule has 0 aliphatic carbocycles. The van der Waals surface area contributed by atoms with Gasteiger partial charge in [0.2, 0.25) is 10.0 Å². The molecule has 178 valence electrons. The van der Waals surface area contributed by atoms with Gasteiger partial charge in [0.15, 0.2) is 5.82 Å². The third kappa shape index (κ3) is 4.22. The SMILES string of the molecule is CC1(C(=O)Nc2ccc(-c3ccccc3S(N)(=O)=O)cc2)CC(c2ccc3[nH]nc(N)c3c2)=NN1. The first-order chi connectivity index (χ1) is 16.6. The number of nitrogen functional groups attached to an aromatic ring is 1. The Bertz CT molecular complexity index is 1590. The Morgan fingerprint density at radius 1 is 1.06 bits per heavy atom. The minimum atomic E-state index is -3.87. The first-order valence-electron chi connectivity index (χ1n) is 10.8. The first-order valence-corrected chi connectivity index (χ1v) is 12.3. The zero-order chi connectivity index (χ0) is 24.8. The third-order valence-electron chi connectivity index (χ3n) is 6.03. The standard InChI is InChI=1S/C24H23N7O3S/c1-24(13-20(29-31-24)15-8-11-19-18(12-15)22(25)30-28-19)23(32)27-16-9-6-14(7-10-16)17-4-2-3-5-21(17)35(26,33)34/h2-12,31H,13H2,1H3,(H,27,32)(H3,25,28,30)(H2,26,33,34). The molecule has 0 spiro atoms. The second kappa shape index (κ2) is 8.22. The normalized spacial score (nSPS) is 17.7. The molecule has 1 aliphatic heterocycles. The lowest BCUT2D eigenvalue weighted by Crippen LogP contribution is -2.47. The molecule has 0 saturated carbocycles. The predicted octanol–water partition coefficient (Wildman–Crippen LogP) is 2.55. The first kappa shape index (κ1) is 22.6. The number of primary sulfonamides is 1. The number of hydrogen-bond acceptors (Lipinski definition) is 7. The second-order valence-corrected chi connectivity index (χ2v) is 10.2. The summed E-state index contributed by atoms with van der Waals surface area (Å²) in [6.07, 6.45) is 0.377. The molecule has 11 heteroatoms. The average molecular weight is 490 g/mol. The van der Waals surface area contributed by atoms with Crippen LogP contribution in [0.2, 0.25) is 0 Å². The maximum absolute atomic E-state index is 13.1. The minimum Gasteiger partial charge on any atom is -0.382 e. The molecular weight excluding hydrogens is 466 g/mol. The summed E-state index contributed by atoms with van der Waals surface area (Å²) in [6.45, 7) is 1.78. The highest BCUT2D eigenvalue weighted by atomic mass is 32.2. The molecule has 1 aromatic heterocycles.